The van der Waals surface area contributed by atoms with Gasteiger partial charge in [0, 0.05) is 23.4 Å². The Morgan fingerprint density at radius 2 is 2.00 bits per heavy atom. The van der Waals surface area contributed by atoms with Gasteiger partial charge in [0.2, 0.25) is 0 Å². The third-order valence-corrected chi connectivity index (χ3v) is 3.47. The summed E-state index contributed by atoms with van der Waals surface area (Å²) < 4.78 is 1.59. The van der Waals surface area contributed by atoms with E-state index in [4.69, 9.17) is 0 Å². The Bertz CT molecular complexity index is 692. The molecular weight excluding hydrogens is 266 g/mol. The van der Waals surface area contributed by atoms with Crippen molar-refractivity contribution in [2.24, 2.45) is 0 Å². The van der Waals surface area contributed by atoms with Crippen molar-refractivity contribution in [1.29, 1.82) is 0 Å². The Kier molecular flexibility index (Phi) is 4.52. The summed E-state index contributed by atoms with van der Waals surface area (Å²) in [5.41, 5.74) is 0.947. The lowest BCUT2D eigenvalue weighted by atomic mass is 10.2. The van der Waals surface area contributed by atoms with E-state index in [1.54, 1.807) is 35.0 Å². The minimum Gasteiger partial charge on any atom is -0.306 e. The standard InChI is InChI=1S/C16H19N3O2/c1-4-12(3)19-10-11(2)14(18-16(19)21)17-15(20)13-8-6-5-7-9-13/h5-10,12H,4H2,1-3H3,(H,17,18,20,21)/t12-/m1/s1. The van der Waals surface area contributed by atoms with Crippen molar-refractivity contribution in [3.05, 3.63) is 58.1 Å². The smallest absolute Gasteiger partial charge is 0.306 e. The van der Waals surface area contributed by atoms with Crippen LogP contribution in [0.1, 0.15) is 42.2 Å². The Morgan fingerprint density at radius 1 is 1.33 bits per heavy atom. The first-order valence-electron chi connectivity index (χ1n) is 6.99. The van der Waals surface area contributed by atoms with Gasteiger partial charge in [-0.25, -0.2) is 4.79 Å². The molecule has 21 heavy (non-hydrogen) atoms. The molecule has 5 nitrogen and oxygen atoms in total. The summed E-state index contributed by atoms with van der Waals surface area (Å²) in [7, 11) is 0. The molecule has 0 fully saturated rings. The number of rotatable bonds is 4. The Morgan fingerprint density at radius 3 is 2.62 bits per heavy atom. The number of aryl methyl sites for hydroxylation is 1. The second-order valence-electron chi connectivity index (χ2n) is 5.04. The molecular formula is C16H19N3O2. The number of hydrogen-bond acceptors (Lipinski definition) is 3. The molecule has 1 aromatic heterocycles. The highest BCUT2D eigenvalue weighted by Gasteiger charge is 2.12. The first kappa shape index (κ1) is 15.0. The van der Waals surface area contributed by atoms with Gasteiger partial charge in [-0.3, -0.25) is 9.36 Å². The average molecular weight is 285 g/mol. The molecule has 1 amide bonds. The number of carbonyl (C=O) groups is 1. The molecule has 1 N–H and O–H groups in total. The molecule has 2 aromatic rings. The van der Waals surface area contributed by atoms with Crippen LogP contribution in [0.5, 0.6) is 0 Å². The van der Waals surface area contributed by atoms with E-state index in [1.807, 2.05) is 26.8 Å². The molecule has 110 valence electrons. The molecule has 0 saturated heterocycles. The van der Waals surface area contributed by atoms with E-state index < -0.39 is 0 Å². The van der Waals surface area contributed by atoms with Crippen LogP contribution in [0.15, 0.2) is 41.3 Å². The number of benzene rings is 1. The SMILES string of the molecule is CC[C@@H](C)n1cc(C)c(NC(=O)c2ccccc2)nc1=O. The molecule has 1 atom stereocenters. The largest absolute Gasteiger partial charge is 0.349 e. The Hall–Kier alpha value is -2.43. The van der Waals surface area contributed by atoms with Crippen LogP contribution in [0.25, 0.3) is 0 Å². The van der Waals surface area contributed by atoms with Crippen LogP contribution in [0.2, 0.25) is 0 Å². The van der Waals surface area contributed by atoms with E-state index in [1.165, 1.54) is 0 Å². The lowest BCUT2D eigenvalue weighted by Crippen LogP contribution is -2.28. The van der Waals surface area contributed by atoms with Gasteiger partial charge in [-0.05, 0) is 32.4 Å². The maximum Gasteiger partial charge on any atom is 0.349 e. The van der Waals surface area contributed by atoms with E-state index in [0.717, 1.165) is 12.0 Å². The molecule has 0 aliphatic rings. The van der Waals surface area contributed by atoms with E-state index in [2.05, 4.69) is 10.3 Å². The van der Waals surface area contributed by atoms with Crippen molar-refractivity contribution in [2.45, 2.75) is 33.2 Å². The second-order valence-corrected chi connectivity index (χ2v) is 5.04. The predicted molar refractivity (Wildman–Crippen MR) is 82.6 cm³/mol. The van der Waals surface area contributed by atoms with Crippen molar-refractivity contribution < 1.29 is 4.79 Å². The van der Waals surface area contributed by atoms with Gasteiger partial charge in [-0.15, -0.1) is 0 Å². The predicted octanol–water partition coefficient (Wildman–Crippen LogP) is 2.78. The molecule has 0 radical (unpaired) electrons. The van der Waals surface area contributed by atoms with Crippen LogP contribution in [0.4, 0.5) is 5.82 Å². The summed E-state index contributed by atoms with van der Waals surface area (Å²) in [6.45, 7) is 5.80. The number of nitrogens with zero attached hydrogens (tertiary/aromatic N) is 2. The number of anilines is 1. The average Bonchev–Trinajstić information content (AvgIpc) is 2.50. The lowest BCUT2D eigenvalue weighted by Gasteiger charge is -2.15. The van der Waals surface area contributed by atoms with E-state index >= 15 is 0 Å². The summed E-state index contributed by atoms with van der Waals surface area (Å²) in [5.74, 6) is 0.0419. The maximum atomic E-state index is 12.1. The summed E-state index contributed by atoms with van der Waals surface area (Å²) in [5, 5.41) is 2.69. The number of nitrogens with one attached hydrogen (secondary N) is 1. The van der Waals surface area contributed by atoms with Gasteiger partial charge in [0.1, 0.15) is 5.82 Å². The summed E-state index contributed by atoms with van der Waals surface area (Å²) in [6, 6.07) is 8.93. The molecule has 0 bridgehead atoms. The zero-order valence-corrected chi connectivity index (χ0v) is 12.5. The minimum absolute atomic E-state index is 0.0857. The summed E-state index contributed by atoms with van der Waals surface area (Å²) in [6.07, 6.45) is 2.58. The fourth-order valence-corrected chi connectivity index (χ4v) is 1.97. The van der Waals surface area contributed by atoms with Gasteiger partial charge < -0.3 is 5.32 Å². The van der Waals surface area contributed by atoms with Crippen molar-refractivity contribution in [1.82, 2.24) is 9.55 Å². The van der Waals surface area contributed by atoms with Crippen molar-refractivity contribution in [2.75, 3.05) is 5.32 Å². The van der Waals surface area contributed by atoms with Crippen LogP contribution in [0, 0.1) is 6.92 Å². The maximum absolute atomic E-state index is 12.1. The van der Waals surface area contributed by atoms with Crippen LogP contribution in [-0.4, -0.2) is 15.5 Å². The quantitative estimate of drug-likeness (QED) is 0.939. The summed E-state index contributed by atoms with van der Waals surface area (Å²) >= 11 is 0. The van der Waals surface area contributed by atoms with Crippen LogP contribution in [-0.2, 0) is 0 Å². The van der Waals surface area contributed by atoms with Crippen molar-refractivity contribution in [3.8, 4) is 0 Å². The molecule has 5 heteroatoms. The van der Waals surface area contributed by atoms with Gasteiger partial charge in [-0.2, -0.15) is 4.98 Å². The van der Waals surface area contributed by atoms with Crippen LogP contribution >= 0.6 is 0 Å². The minimum atomic E-state index is -0.349. The van der Waals surface area contributed by atoms with Gasteiger partial charge in [0.25, 0.3) is 5.91 Å². The lowest BCUT2D eigenvalue weighted by molar-refractivity contribution is 0.102. The molecule has 0 aliphatic carbocycles. The Balaban J connectivity index is 2.28. The number of aromatic nitrogens is 2. The van der Waals surface area contributed by atoms with E-state index in [9.17, 15) is 9.59 Å². The van der Waals surface area contributed by atoms with Crippen molar-refractivity contribution >= 4 is 11.7 Å². The normalized spacial score (nSPS) is 12.0. The molecule has 1 aromatic carbocycles. The van der Waals surface area contributed by atoms with Crippen LogP contribution < -0.4 is 11.0 Å². The number of hydrogen-bond donors (Lipinski definition) is 1. The third-order valence-electron chi connectivity index (χ3n) is 3.47. The second kappa shape index (κ2) is 6.35. The van der Waals surface area contributed by atoms with E-state index in [-0.39, 0.29) is 17.6 Å². The van der Waals surface area contributed by atoms with E-state index in [0.29, 0.717) is 11.4 Å². The number of carbonyl (C=O) groups excluding carboxylic acids is 1. The Labute approximate surface area is 123 Å². The molecule has 0 spiro atoms. The van der Waals surface area contributed by atoms with Gasteiger partial charge in [0.15, 0.2) is 0 Å². The highest BCUT2D eigenvalue weighted by Crippen LogP contribution is 2.13. The molecule has 0 saturated carbocycles. The molecule has 0 unspecified atom stereocenters. The molecule has 0 aliphatic heterocycles. The van der Waals surface area contributed by atoms with Crippen LogP contribution in [0.3, 0.4) is 0 Å². The monoisotopic (exact) mass is 285 g/mol. The van der Waals surface area contributed by atoms with Gasteiger partial charge in [-0.1, -0.05) is 25.1 Å². The third kappa shape index (κ3) is 3.37. The zero-order valence-electron chi connectivity index (χ0n) is 12.5. The first-order chi connectivity index (χ1) is 10.0. The number of amides is 1. The molecule has 2 rings (SSSR count). The van der Waals surface area contributed by atoms with Gasteiger partial charge in [0.05, 0.1) is 0 Å². The topological polar surface area (TPSA) is 64.0 Å². The highest BCUT2D eigenvalue weighted by molar-refractivity contribution is 6.03. The van der Waals surface area contributed by atoms with Crippen molar-refractivity contribution in [3.63, 3.8) is 0 Å². The fourth-order valence-electron chi connectivity index (χ4n) is 1.97. The highest BCUT2D eigenvalue weighted by atomic mass is 16.2. The molecule has 1 heterocycles. The first-order valence-corrected chi connectivity index (χ1v) is 6.99. The van der Waals surface area contributed by atoms with Gasteiger partial charge >= 0.3 is 5.69 Å². The fraction of sp³-hybridized carbons (Fsp3) is 0.312. The summed E-state index contributed by atoms with van der Waals surface area (Å²) in [4.78, 5) is 28.1. The zero-order chi connectivity index (χ0) is 15.4.